The summed E-state index contributed by atoms with van der Waals surface area (Å²) in [7, 11) is 1.81. The minimum atomic E-state index is 0.0888. The summed E-state index contributed by atoms with van der Waals surface area (Å²) >= 11 is 0. The van der Waals surface area contributed by atoms with E-state index in [0.29, 0.717) is 19.4 Å². The molecule has 0 fully saturated rings. The van der Waals surface area contributed by atoms with E-state index < -0.39 is 0 Å². The molecule has 2 aromatic carbocycles. The third kappa shape index (κ3) is 3.56. The maximum absolute atomic E-state index is 12.3. The molecule has 0 unspecified atom stereocenters. The predicted molar refractivity (Wildman–Crippen MR) is 88.2 cm³/mol. The van der Waals surface area contributed by atoms with Gasteiger partial charge in [0.05, 0.1) is 0 Å². The van der Waals surface area contributed by atoms with Crippen LogP contribution in [0.2, 0.25) is 0 Å². The first-order valence-corrected chi connectivity index (χ1v) is 7.59. The van der Waals surface area contributed by atoms with Gasteiger partial charge in [0.1, 0.15) is 0 Å². The van der Waals surface area contributed by atoms with Crippen molar-refractivity contribution in [2.24, 2.45) is 0 Å². The van der Waals surface area contributed by atoms with Gasteiger partial charge in [-0.05, 0) is 35.7 Å². The van der Waals surface area contributed by atoms with Gasteiger partial charge in [-0.1, -0.05) is 24.3 Å². The van der Waals surface area contributed by atoms with Gasteiger partial charge in [-0.2, -0.15) is 0 Å². The van der Waals surface area contributed by atoms with Crippen LogP contribution in [0.3, 0.4) is 0 Å². The molecule has 0 bridgehead atoms. The number of para-hydroxylation sites is 1. The highest BCUT2D eigenvalue weighted by atomic mass is 16.7. The minimum Gasteiger partial charge on any atom is -0.454 e. The minimum absolute atomic E-state index is 0.0888. The number of nitrogens with zero attached hydrogens (tertiary/aromatic N) is 1. The molecule has 120 valence electrons. The fraction of sp³-hybridized carbons (Fsp3) is 0.278. The zero-order valence-electron chi connectivity index (χ0n) is 13.1. The Bertz CT molecular complexity index is 715. The summed E-state index contributed by atoms with van der Waals surface area (Å²) in [5, 5.41) is 0. The third-order valence-corrected chi connectivity index (χ3v) is 3.95. The molecule has 1 aliphatic rings. The third-order valence-electron chi connectivity index (χ3n) is 3.95. The van der Waals surface area contributed by atoms with Crippen LogP contribution >= 0.6 is 0 Å². The highest BCUT2D eigenvalue weighted by Crippen LogP contribution is 2.32. The van der Waals surface area contributed by atoms with Crippen LogP contribution in [0.15, 0.2) is 42.5 Å². The van der Waals surface area contributed by atoms with Crippen molar-refractivity contribution in [2.75, 3.05) is 19.6 Å². The SMILES string of the molecule is CN(Cc1ccc2c(c1)OCO2)C(=O)CCc1ccccc1N. The largest absolute Gasteiger partial charge is 0.454 e. The summed E-state index contributed by atoms with van der Waals surface area (Å²) in [6.45, 7) is 0.797. The molecule has 1 aliphatic heterocycles. The van der Waals surface area contributed by atoms with Crippen molar-refractivity contribution in [3.63, 3.8) is 0 Å². The Hall–Kier alpha value is -2.69. The number of benzene rings is 2. The van der Waals surface area contributed by atoms with Crippen LogP contribution in [0.25, 0.3) is 0 Å². The number of aryl methyl sites for hydroxylation is 1. The second-order valence-electron chi connectivity index (χ2n) is 5.64. The molecule has 0 aliphatic carbocycles. The first kappa shape index (κ1) is 15.2. The van der Waals surface area contributed by atoms with Crippen molar-refractivity contribution < 1.29 is 14.3 Å². The lowest BCUT2D eigenvalue weighted by Crippen LogP contribution is -2.26. The topological polar surface area (TPSA) is 64.8 Å². The number of hydrogen-bond acceptors (Lipinski definition) is 4. The van der Waals surface area contributed by atoms with Crippen LogP contribution in [-0.2, 0) is 17.8 Å². The number of nitrogen functional groups attached to an aromatic ring is 1. The Kier molecular flexibility index (Phi) is 4.37. The molecule has 5 heteroatoms. The zero-order valence-corrected chi connectivity index (χ0v) is 13.1. The first-order valence-electron chi connectivity index (χ1n) is 7.59. The molecule has 1 heterocycles. The molecule has 23 heavy (non-hydrogen) atoms. The van der Waals surface area contributed by atoms with Gasteiger partial charge in [-0.3, -0.25) is 4.79 Å². The lowest BCUT2D eigenvalue weighted by atomic mass is 10.1. The summed E-state index contributed by atoms with van der Waals surface area (Å²) in [5.41, 5.74) is 8.67. The van der Waals surface area contributed by atoms with Gasteiger partial charge in [0.25, 0.3) is 0 Å². The molecule has 2 aromatic rings. The number of hydrogen-bond donors (Lipinski definition) is 1. The van der Waals surface area contributed by atoms with Crippen molar-refractivity contribution in [2.45, 2.75) is 19.4 Å². The fourth-order valence-electron chi connectivity index (χ4n) is 2.60. The number of anilines is 1. The number of amides is 1. The van der Waals surface area contributed by atoms with Crippen LogP contribution in [0.4, 0.5) is 5.69 Å². The van der Waals surface area contributed by atoms with Crippen molar-refractivity contribution in [1.29, 1.82) is 0 Å². The van der Waals surface area contributed by atoms with E-state index in [-0.39, 0.29) is 12.7 Å². The van der Waals surface area contributed by atoms with Crippen molar-refractivity contribution >= 4 is 11.6 Å². The van der Waals surface area contributed by atoms with Crippen LogP contribution in [-0.4, -0.2) is 24.6 Å². The smallest absolute Gasteiger partial charge is 0.231 e. The van der Waals surface area contributed by atoms with E-state index in [2.05, 4.69) is 0 Å². The van der Waals surface area contributed by atoms with E-state index in [1.165, 1.54) is 0 Å². The fourth-order valence-corrected chi connectivity index (χ4v) is 2.60. The molecule has 0 radical (unpaired) electrons. The van der Waals surface area contributed by atoms with E-state index in [0.717, 1.165) is 28.3 Å². The molecule has 0 aromatic heterocycles. The molecule has 0 saturated heterocycles. The van der Waals surface area contributed by atoms with Crippen LogP contribution in [0.5, 0.6) is 11.5 Å². The van der Waals surface area contributed by atoms with E-state index in [9.17, 15) is 4.79 Å². The Labute approximate surface area is 135 Å². The maximum Gasteiger partial charge on any atom is 0.231 e. The van der Waals surface area contributed by atoms with Gasteiger partial charge in [-0.25, -0.2) is 0 Å². The number of ether oxygens (including phenoxy) is 2. The average molecular weight is 312 g/mol. The monoisotopic (exact) mass is 312 g/mol. The van der Waals surface area contributed by atoms with E-state index in [1.54, 1.807) is 11.9 Å². The molecule has 2 N–H and O–H groups in total. The number of rotatable bonds is 5. The molecular formula is C18H20N2O3. The zero-order chi connectivity index (χ0) is 16.2. The average Bonchev–Trinajstić information content (AvgIpc) is 3.01. The lowest BCUT2D eigenvalue weighted by Gasteiger charge is -2.18. The van der Waals surface area contributed by atoms with Gasteiger partial charge in [0, 0.05) is 25.7 Å². The number of fused-ring (bicyclic) bond motifs is 1. The summed E-state index contributed by atoms with van der Waals surface area (Å²) in [6.07, 6.45) is 1.09. The summed E-state index contributed by atoms with van der Waals surface area (Å²) < 4.78 is 10.7. The Balaban J connectivity index is 1.56. The second-order valence-corrected chi connectivity index (χ2v) is 5.64. The first-order chi connectivity index (χ1) is 11.1. The quantitative estimate of drug-likeness (QED) is 0.862. The molecule has 5 nitrogen and oxygen atoms in total. The Morgan fingerprint density at radius 2 is 1.96 bits per heavy atom. The standard InChI is InChI=1S/C18H20N2O3/c1-20(11-13-6-8-16-17(10-13)23-12-22-16)18(21)9-7-14-4-2-3-5-15(14)19/h2-6,8,10H,7,9,11-12,19H2,1H3. The van der Waals surface area contributed by atoms with Crippen molar-refractivity contribution in [3.05, 3.63) is 53.6 Å². The van der Waals surface area contributed by atoms with Gasteiger partial charge >= 0.3 is 0 Å². The van der Waals surface area contributed by atoms with Gasteiger partial charge in [0.2, 0.25) is 12.7 Å². The number of carbonyl (C=O) groups excluding carboxylic acids is 1. The van der Waals surface area contributed by atoms with Gasteiger partial charge < -0.3 is 20.1 Å². The van der Waals surface area contributed by atoms with Crippen molar-refractivity contribution in [1.82, 2.24) is 4.90 Å². The van der Waals surface area contributed by atoms with E-state index >= 15 is 0 Å². The van der Waals surface area contributed by atoms with Crippen LogP contribution in [0, 0.1) is 0 Å². The van der Waals surface area contributed by atoms with E-state index in [4.69, 9.17) is 15.2 Å². The summed E-state index contributed by atoms with van der Waals surface area (Å²) in [6, 6.07) is 13.4. The van der Waals surface area contributed by atoms with Crippen LogP contribution in [0.1, 0.15) is 17.5 Å². The summed E-state index contributed by atoms with van der Waals surface area (Å²) in [5.74, 6) is 1.58. The van der Waals surface area contributed by atoms with Gasteiger partial charge in [0.15, 0.2) is 11.5 Å². The van der Waals surface area contributed by atoms with E-state index in [1.807, 2.05) is 42.5 Å². The molecule has 3 rings (SSSR count). The van der Waals surface area contributed by atoms with Crippen LogP contribution < -0.4 is 15.2 Å². The molecule has 0 spiro atoms. The highest BCUT2D eigenvalue weighted by molar-refractivity contribution is 5.76. The maximum atomic E-state index is 12.3. The Morgan fingerprint density at radius 1 is 1.17 bits per heavy atom. The molecular weight excluding hydrogens is 292 g/mol. The van der Waals surface area contributed by atoms with Crippen molar-refractivity contribution in [3.8, 4) is 11.5 Å². The number of nitrogens with two attached hydrogens (primary N) is 1. The Morgan fingerprint density at radius 3 is 2.78 bits per heavy atom. The second kappa shape index (κ2) is 6.60. The molecule has 0 atom stereocenters. The normalized spacial score (nSPS) is 12.2. The molecule has 1 amide bonds. The van der Waals surface area contributed by atoms with Gasteiger partial charge in [-0.15, -0.1) is 0 Å². The molecule has 0 saturated carbocycles. The predicted octanol–water partition coefficient (Wildman–Crippen LogP) is 2.59. The summed E-state index contributed by atoms with van der Waals surface area (Å²) in [4.78, 5) is 14.0. The highest BCUT2D eigenvalue weighted by Gasteiger charge is 2.15. The lowest BCUT2D eigenvalue weighted by molar-refractivity contribution is -0.130. The number of carbonyl (C=O) groups is 1.